The zero-order valence-electron chi connectivity index (χ0n) is 11.0. The number of hydrogen-bond acceptors (Lipinski definition) is 6. The van der Waals surface area contributed by atoms with E-state index in [0.717, 1.165) is 0 Å². The molecule has 2 unspecified atom stereocenters. The standard InChI is InChI=1S/C13H14N4O2/c1-4-17-10(6-15)9(5-14)16-12-11(7(2)18)8(3)19-13(12)17/h12-13,16H,4H2,1-3H3. The van der Waals surface area contributed by atoms with Crippen LogP contribution in [0.3, 0.4) is 0 Å². The average molecular weight is 258 g/mol. The lowest BCUT2D eigenvalue weighted by atomic mass is 9.99. The van der Waals surface area contributed by atoms with E-state index in [0.29, 0.717) is 17.9 Å². The van der Waals surface area contributed by atoms with Crippen molar-refractivity contribution in [3.05, 3.63) is 22.7 Å². The van der Waals surface area contributed by atoms with Gasteiger partial charge >= 0.3 is 0 Å². The van der Waals surface area contributed by atoms with Crippen LogP contribution < -0.4 is 5.32 Å². The predicted octanol–water partition coefficient (Wildman–Crippen LogP) is 0.758. The van der Waals surface area contributed by atoms with Crippen LogP contribution in [0.25, 0.3) is 0 Å². The monoisotopic (exact) mass is 258 g/mol. The van der Waals surface area contributed by atoms with Gasteiger partial charge in [0.25, 0.3) is 0 Å². The Hall–Kier alpha value is -2.47. The first-order valence-corrected chi connectivity index (χ1v) is 6.01. The highest BCUT2D eigenvalue weighted by Gasteiger charge is 2.45. The molecule has 0 aromatic heterocycles. The quantitative estimate of drug-likeness (QED) is 0.786. The molecule has 0 aromatic carbocycles. The number of Topliss-reactive ketones (excluding diaryl/α,β-unsaturated/α-hetero) is 1. The normalized spacial score (nSPS) is 25.2. The molecule has 0 saturated carbocycles. The van der Waals surface area contributed by atoms with Crippen molar-refractivity contribution >= 4 is 5.78 Å². The van der Waals surface area contributed by atoms with Crippen molar-refractivity contribution < 1.29 is 9.53 Å². The second-order valence-electron chi connectivity index (χ2n) is 4.39. The van der Waals surface area contributed by atoms with Gasteiger partial charge in [0.05, 0.1) is 5.57 Å². The van der Waals surface area contributed by atoms with Gasteiger partial charge in [0.2, 0.25) is 0 Å². The fraction of sp³-hybridized carbons (Fsp3) is 0.462. The number of allylic oxidation sites excluding steroid dienone is 3. The third-order valence-electron chi connectivity index (χ3n) is 3.34. The van der Waals surface area contributed by atoms with Crippen LogP contribution in [0.1, 0.15) is 20.8 Å². The Morgan fingerprint density at radius 1 is 1.47 bits per heavy atom. The van der Waals surface area contributed by atoms with Gasteiger partial charge in [-0.25, -0.2) is 0 Å². The van der Waals surface area contributed by atoms with Crippen molar-refractivity contribution in [2.45, 2.75) is 33.0 Å². The topological polar surface area (TPSA) is 89.2 Å². The number of rotatable bonds is 2. The first kappa shape index (κ1) is 13.0. The molecule has 2 aliphatic rings. The highest BCUT2D eigenvalue weighted by atomic mass is 16.5. The molecular weight excluding hydrogens is 244 g/mol. The molecule has 2 rings (SSSR count). The molecule has 0 saturated heterocycles. The second kappa shape index (κ2) is 4.66. The van der Waals surface area contributed by atoms with Gasteiger partial charge in [-0.2, -0.15) is 10.5 Å². The van der Waals surface area contributed by atoms with Gasteiger partial charge in [0, 0.05) is 6.54 Å². The molecule has 0 aromatic rings. The number of likely N-dealkylation sites (N-methyl/N-ethyl adjacent to an activating group) is 1. The summed E-state index contributed by atoms with van der Waals surface area (Å²) in [5, 5.41) is 21.2. The Kier molecular flexibility index (Phi) is 3.18. The molecule has 0 spiro atoms. The smallest absolute Gasteiger partial charge is 0.197 e. The summed E-state index contributed by atoms with van der Waals surface area (Å²) in [5.41, 5.74) is 0.972. The Morgan fingerprint density at radius 3 is 2.63 bits per heavy atom. The minimum absolute atomic E-state index is 0.0914. The van der Waals surface area contributed by atoms with Crippen LogP contribution in [0.2, 0.25) is 0 Å². The van der Waals surface area contributed by atoms with Crippen LogP contribution in [-0.2, 0) is 9.53 Å². The number of hydrogen-bond donors (Lipinski definition) is 1. The van der Waals surface area contributed by atoms with Crippen LogP contribution in [0.4, 0.5) is 0 Å². The first-order chi connectivity index (χ1) is 9.04. The summed E-state index contributed by atoms with van der Waals surface area (Å²) >= 11 is 0. The molecule has 2 aliphatic heterocycles. The minimum atomic E-state index is -0.448. The Morgan fingerprint density at radius 2 is 2.16 bits per heavy atom. The Balaban J connectivity index is 2.49. The van der Waals surface area contributed by atoms with Crippen molar-refractivity contribution in [3.63, 3.8) is 0 Å². The van der Waals surface area contributed by atoms with Crippen molar-refractivity contribution in [2.75, 3.05) is 6.54 Å². The fourth-order valence-corrected chi connectivity index (χ4v) is 2.57. The van der Waals surface area contributed by atoms with E-state index in [4.69, 9.17) is 10.00 Å². The maximum Gasteiger partial charge on any atom is 0.197 e. The summed E-state index contributed by atoms with van der Waals surface area (Å²) in [6.07, 6.45) is -0.448. The zero-order chi connectivity index (χ0) is 14.2. The van der Waals surface area contributed by atoms with E-state index in [9.17, 15) is 10.1 Å². The number of carbonyl (C=O) groups is 1. The van der Waals surface area contributed by atoms with E-state index >= 15 is 0 Å². The molecule has 0 fully saturated rings. The number of nitrogens with one attached hydrogen (secondary N) is 1. The number of nitrogens with zero attached hydrogens (tertiary/aromatic N) is 3. The molecular formula is C13H14N4O2. The van der Waals surface area contributed by atoms with E-state index < -0.39 is 12.3 Å². The van der Waals surface area contributed by atoms with Gasteiger partial charge in [-0.3, -0.25) is 4.79 Å². The lowest BCUT2D eigenvalue weighted by Crippen LogP contribution is -2.53. The molecule has 0 aliphatic carbocycles. The molecule has 6 heteroatoms. The summed E-state index contributed by atoms with van der Waals surface area (Å²) in [4.78, 5) is 13.4. The molecule has 98 valence electrons. The zero-order valence-corrected chi connectivity index (χ0v) is 11.0. The largest absolute Gasteiger partial charge is 0.472 e. The summed E-state index contributed by atoms with van der Waals surface area (Å²) in [7, 11) is 0. The molecule has 2 heterocycles. The third-order valence-corrected chi connectivity index (χ3v) is 3.34. The Labute approximate surface area is 111 Å². The average Bonchev–Trinajstić information content (AvgIpc) is 2.71. The highest BCUT2D eigenvalue weighted by Crippen LogP contribution is 2.34. The molecule has 19 heavy (non-hydrogen) atoms. The summed E-state index contributed by atoms with van der Waals surface area (Å²) in [6.45, 7) is 5.59. The fourth-order valence-electron chi connectivity index (χ4n) is 2.57. The van der Waals surface area contributed by atoms with E-state index in [2.05, 4.69) is 5.32 Å². The van der Waals surface area contributed by atoms with Crippen LogP contribution in [-0.4, -0.2) is 29.5 Å². The summed E-state index contributed by atoms with van der Waals surface area (Å²) in [6, 6.07) is 3.59. The van der Waals surface area contributed by atoms with Crippen molar-refractivity contribution in [2.24, 2.45) is 0 Å². The molecule has 2 atom stereocenters. The minimum Gasteiger partial charge on any atom is -0.472 e. The molecule has 0 amide bonds. The van der Waals surface area contributed by atoms with Crippen molar-refractivity contribution in [1.29, 1.82) is 10.5 Å². The second-order valence-corrected chi connectivity index (χ2v) is 4.39. The van der Waals surface area contributed by atoms with E-state index in [1.54, 1.807) is 11.8 Å². The Bertz CT molecular complexity index is 576. The van der Waals surface area contributed by atoms with Crippen LogP contribution >= 0.6 is 0 Å². The molecule has 1 N–H and O–H groups in total. The lowest BCUT2D eigenvalue weighted by Gasteiger charge is -2.37. The number of ketones is 1. The van der Waals surface area contributed by atoms with Crippen LogP contribution in [0.15, 0.2) is 22.7 Å². The number of carbonyl (C=O) groups excluding carboxylic acids is 1. The van der Waals surface area contributed by atoms with Crippen LogP contribution in [0, 0.1) is 22.7 Å². The molecule has 6 nitrogen and oxygen atoms in total. The van der Waals surface area contributed by atoms with Gasteiger partial charge in [0.15, 0.2) is 17.7 Å². The lowest BCUT2D eigenvalue weighted by molar-refractivity contribution is -0.114. The third kappa shape index (κ3) is 1.82. The van der Waals surface area contributed by atoms with Crippen molar-refractivity contribution in [1.82, 2.24) is 10.2 Å². The van der Waals surface area contributed by atoms with E-state index in [1.807, 2.05) is 19.1 Å². The maximum atomic E-state index is 11.7. The van der Waals surface area contributed by atoms with Gasteiger partial charge in [-0.1, -0.05) is 0 Å². The first-order valence-electron chi connectivity index (χ1n) is 6.01. The van der Waals surface area contributed by atoms with Gasteiger partial charge in [-0.05, 0) is 20.8 Å². The van der Waals surface area contributed by atoms with Gasteiger partial charge < -0.3 is 15.0 Å². The predicted molar refractivity (Wildman–Crippen MR) is 65.8 cm³/mol. The summed E-state index contributed by atoms with van der Waals surface area (Å²) in [5.74, 6) is 0.455. The highest BCUT2D eigenvalue weighted by molar-refractivity contribution is 5.95. The van der Waals surface area contributed by atoms with Gasteiger partial charge in [0.1, 0.15) is 29.6 Å². The van der Waals surface area contributed by atoms with E-state index in [1.165, 1.54) is 6.92 Å². The molecule has 0 radical (unpaired) electrons. The number of ether oxygens (including phenoxy) is 1. The van der Waals surface area contributed by atoms with Crippen LogP contribution in [0.5, 0.6) is 0 Å². The van der Waals surface area contributed by atoms with E-state index in [-0.39, 0.29) is 17.2 Å². The summed E-state index contributed by atoms with van der Waals surface area (Å²) < 4.78 is 5.70. The number of nitriles is 2. The molecule has 0 bridgehead atoms. The maximum absolute atomic E-state index is 11.7. The SMILES string of the molecule is CCN1C(C#N)=C(C#N)NC2C(C(C)=O)=C(C)OC21. The van der Waals surface area contributed by atoms with Gasteiger partial charge in [-0.15, -0.1) is 0 Å². The number of fused-ring (bicyclic) bond motifs is 1. The van der Waals surface area contributed by atoms with Crippen molar-refractivity contribution in [3.8, 4) is 12.1 Å².